The molecule has 178 valence electrons. The van der Waals surface area contributed by atoms with E-state index in [1.54, 1.807) is 24.1 Å². The number of carbonyl (C=O) groups is 1. The molecule has 0 aliphatic rings. The number of thiazole rings is 1. The minimum atomic E-state index is -0.425. The van der Waals surface area contributed by atoms with Crippen molar-refractivity contribution in [1.82, 2.24) is 9.88 Å². The summed E-state index contributed by atoms with van der Waals surface area (Å²) in [5, 5.41) is 12.5. The van der Waals surface area contributed by atoms with Crippen LogP contribution in [0, 0.1) is 17.0 Å². The molecule has 0 radical (unpaired) electrons. The third-order valence-electron chi connectivity index (χ3n) is 5.84. The first kappa shape index (κ1) is 24.1. The Morgan fingerprint density at radius 1 is 1.12 bits per heavy atom. The number of anilines is 1. The molecule has 0 unspecified atom stereocenters. The minimum Gasteiger partial charge on any atom is -0.494 e. The van der Waals surface area contributed by atoms with Crippen molar-refractivity contribution in [2.75, 3.05) is 38.2 Å². The van der Waals surface area contributed by atoms with E-state index in [1.165, 1.54) is 34.8 Å². The number of thiophene rings is 1. The Kier molecular flexibility index (Phi) is 7.11. The van der Waals surface area contributed by atoms with Crippen LogP contribution in [0.15, 0.2) is 36.4 Å². The number of non-ortho nitro benzene ring substituents is 1. The summed E-state index contributed by atoms with van der Waals surface area (Å²) >= 11 is 2.81. The van der Waals surface area contributed by atoms with Crippen molar-refractivity contribution in [2.24, 2.45) is 0 Å². The molecule has 0 aliphatic carbocycles. The highest BCUT2D eigenvalue weighted by Gasteiger charge is 2.25. The van der Waals surface area contributed by atoms with Crippen LogP contribution in [0.5, 0.6) is 5.75 Å². The summed E-state index contributed by atoms with van der Waals surface area (Å²) < 4.78 is 7.32. The third kappa shape index (κ3) is 4.61. The van der Waals surface area contributed by atoms with Crippen LogP contribution < -0.4 is 9.64 Å². The van der Waals surface area contributed by atoms with E-state index in [4.69, 9.17) is 9.72 Å². The summed E-state index contributed by atoms with van der Waals surface area (Å²) in [5.74, 6) is 0.514. The molecule has 0 atom stereocenters. The van der Waals surface area contributed by atoms with Gasteiger partial charge in [-0.1, -0.05) is 31.3 Å². The molecule has 0 bridgehead atoms. The van der Waals surface area contributed by atoms with Crippen LogP contribution in [-0.4, -0.2) is 54.0 Å². The van der Waals surface area contributed by atoms with Gasteiger partial charge >= 0.3 is 0 Å². The Morgan fingerprint density at radius 3 is 2.56 bits per heavy atom. The van der Waals surface area contributed by atoms with Crippen molar-refractivity contribution < 1.29 is 14.5 Å². The molecular weight excluding hydrogens is 472 g/mol. The molecule has 0 fully saturated rings. The van der Waals surface area contributed by atoms with Crippen LogP contribution >= 0.6 is 22.7 Å². The summed E-state index contributed by atoms with van der Waals surface area (Å²) in [7, 11) is 1.61. The number of rotatable bonds is 9. The number of aromatic nitrogens is 1. The number of nitrogens with zero attached hydrogens (tertiary/aromatic N) is 4. The van der Waals surface area contributed by atoms with E-state index >= 15 is 0 Å². The van der Waals surface area contributed by atoms with Crippen molar-refractivity contribution >= 4 is 59.7 Å². The van der Waals surface area contributed by atoms with Gasteiger partial charge in [-0.15, -0.1) is 11.3 Å². The number of nitro groups is 1. The van der Waals surface area contributed by atoms with Crippen LogP contribution in [-0.2, 0) is 0 Å². The van der Waals surface area contributed by atoms with Gasteiger partial charge in [0.25, 0.3) is 11.6 Å². The second-order valence-corrected chi connectivity index (χ2v) is 9.89. The number of methoxy groups -OCH3 is 1. The Balaban J connectivity index is 1.76. The molecule has 10 heteroatoms. The molecule has 1 amide bonds. The minimum absolute atomic E-state index is 0.0106. The van der Waals surface area contributed by atoms with Crippen molar-refractivity contribution in [3.63, 3.8) is 0 Å². The summed E-state index contributed by atoms with van der Waals surface area (Å²) in [6.07, 6.45) is 0. The average molecular weight is 499 g/mol. The van der Waals surface area contributed by atoms with E-state index in [0.717, 1.165) is 33.6 Å². The van der Waals surface area contributed by atoms with Crippen LogP contribution in [0.2, 0.25) is 0 Å². The predicted molar refractivity (Wildman–Crippen MR) is 139 cm³/mol. The highest BCUT2D eigenvalue weighted by atomic mass is 32.1. The lowest BCUT2D eigenvalue weighted by atomic mass is 10.2. The molecule has 2 aromatic heterocycles. The quantitative estimate of drug-likeness (QED) is 0.216. The second kappa shape index (κ2) is 10.0. The van der Waals surface area contributed by atoms with Gasteiger partial charge in [0.1, 0.15) is 11.3 Å². The van der Waals surface area contributed by atoms with E-state index in [2.05, 4.69) is 18.7 Å². The van der Waals surface area contributed by atoms with Crippen molar-refractivity contribution in [3.05, 3.63) is 57.0 Å². The molecule has 2 heterocycles. The highest BCUT2D eigenvalue weighted by Crippen LogP contribution is 2.38. The van der Waals surface area contributed by atoms with Gasteiger partial charge in [0.2, 0.25) is 0 Å². The fraction of sp³-hybridized carbons (Fsp3) is 0.333. The highest BCUT2D eigenvalue weighted by molar-refractivity contribution is 7.23. The van der Waals surface area contributed by atoms with Crippen LogP contribution in [0.3, 0.4) is 0 Å². The van der Waals surface area contributed by atoms with Crippen LogP contribution in [0.1, 0.15) is 29.1 Å². The van der Waals surface area contributed by atoms with Crippen LogP contribution in [0.4, 0.5) is 10.8 Å². The average Bonchev–Trinajstić information content (AvgIpc) is 3.46. The molecule has 4 aromatic rings. The number of nitro benzene ring substituents is 1. The predicted octanol–water partition coefficient (Wildman–Crippen LogP) is 5.72. The summed E-state index contributed by atoms with van der Waals surface area (Å²) in [5.41, 5.74) is 1.83. The van der Waals surface area contributed by atoms with E-state index < -0.39 is 4.92 Å². The third-order valence-corrected chi connectivity index (χ3v) is 8.16. The normalized spacial score (nSPS) is 11.4. The van der Waals surface area contributed by atoms with Gasteiger partial charge in [0.05, 0.1) is 21.6 Å². The zero-order valence-electron chi connectivity index (χ0n) is 19.5. The van der Waals surface area contributed by atoms with Gasteiger partial charge in [0.15, 0.2) is 5.13 Å². The number of benzene rings is 2. The Hall–Kier alpha value is -3.08. The maximum Gasteiger partial charge on any atom is 0.270 e. The van der Waals surface area contributed by atoms with Gasteiger partial charge in [-0.25, -0.2) is 4.98 Å². The van der Waals surface area contributed by atoms with E-state index in [9.17, 15) is 14.9 Å². The first-order valence-electron chi connectivity index (χ1n) is 11.0. The number of hydrogen-bond donors (Lipinski definition) is 0. The summed E-state index contributed by atoms with van der Waals surface area (Å²) in [6.45, 7) is 9.18. The fourth-order valence-electron chi connectivity index (χ4n) is 3.83. The largest absolute Gasteiger partial charge is 0.494 e. The molecule has 4 rings (SSSR count). The molecule has 34 heavy (non-hydrogen) atoms. The lowest BCUT2D eigenvalue weighted by Gasteiger charge is -2.24. The monoisotopic (exact) mass is 498 g/mol. The topological polar surface area (TPSA) is 88.8 Å². The van der Waals surface area contributed by atoms with Gasteiger partial charge in [0, 0.05) is 35.3 Å². The van der Waals surface area contributed by atoms with Gasteiger partial charge < -0.3 is 9.64 Å². The lowest BCUT2D eigenvalue weighted by molar-refractivity contribution is -0.384. The summed E-state index contributed by atoms with van der Waals surface area (Å²) in [4.78, 5) is 33.8. The van der Waals surface area contributed by atoms with Gasteiger partial charge in [-0.05, 0) is 43.8 Å². The van der Waals surface area contributed by atoms with E-state index in [-0.39, 0.29) is 11.6 Å². The van der Waals surface area contributed by atoms with Gasteiger partial charge in [-0.2, -0.15) is 0 Å². The van der Waals surface area contributed by atoms with Gasteiger partial charge in [-0.3, -0.25) is 19.8 Å². The molecule has 0 saturated carbocycles. The van der Waals surface area contributed by atoms with E-state index in [0.29, 0.717) is 34.2 Å². The van der Waals surface area contributed by atoms with Crippen molar-refractivity contribution in [1.29, 1.82) is 0 Å². The molecule has 0 saturated heterocycles. The number of aryl methyl sites for hydroxylation is 1. The van der Waals surface area contributed by atoms with Crippen molar-refractivity contribution in [2.45, 2.75) is 20.8 Å². The standard InChI is InChI=1S/C24H26N4O4S2/c1-5-26(6-2)11-12-27(24-25-21-18(32-4)9-7-15(3)22(21)34-24)23(29)20-14-16-13-17(28(30)31)8-10-19(16)33-20/h7-10,13-14H,5-6,11-12H2,1-4H3. The zero-order valence-corrected chi connectivity index (χ0v) is 21.2. The first-order chi connectivity index (χ1) is 16.4. The first-order valence-corrected chi connectivity index (χ1v) is 12.7. The molecule has 2 aromatic carbocycles. The molecule has 0 N–H and O–H groups in total. The number of hydrogen-bond acceptors (Lipinski definition) is 8. The molecule has 8 nitrogen and oxygen atoms in total. The molecule has 0 aliphatic heterocycles. The number of amides is 1. The number of carbonyl (C=O) groups excluding carboxylic acids is 1. The van der Waals surface area contributed by atoms with E-state index in [1.807, 2.05) is 19.1 Å². The lowest BCUT2D eigenvalue weighted by Crippen LogP contribution is -2.38. The maximum atomic E-state index is 13.8. The SMILES string of the molecule is CCN(CC)CCN(C(=O)c1cc2cc([N+](=O)[O-])ccc2s1)c1nc2c(OC)ccc(C)c2s1. The summed E-state index contributed by atoms with van der Waals surface area (Å²) in [6, 6.07) is 10.3. The Morgan fingerprint density at radius 2 is 1.88 bits per heavy atom. The molecule has 0 spiro atoms. The second-order valence-electron chi connectivity index (χ2n) is 7.83. The molecular formula is C24H26N4O4S2. The maximum absolute atomic E-state index is 13.8. The van der Waals surface area contributed by atoms with Crippen LogP contribution in [0.25, 0.3) is 20.3 Å². The zero-order chi connectivity index (χ0) is 24.4. The number of fused-ring (bicyclic) bond motifs is 2. The Bertz CT molecular complexity index is 1360. The number of likely N-dealkylation sites (N-methyl/N-ethyl adjacent to an activating group) is 1. The van der Waals surface area contributed by atoms with Crippen molar-refractivity contribution in [3.8, 4) is 5.75 Å². The smallest absolute Gasteiger partial charge is 0.270 e. The number of ether oxygens (including phenoxy) is 1. The fourth-order valence-corrected chi connectivity index (χ4v) is 5.89. The Labute approximate surface area is 205 Å².